The summed E-state index contributed by atoms with van der Waals surface area (Å²) in [5.41, 5.74) is 4.11. The zero-order valence-electron chi connectivity index (χ0n) is 11.5. The van der Waals surface area contributed by atoms with Crippen LogP contribution in [0.25, 0.3) is 11.1 Å². The minimum atomic E-state index is -0.815. The maximum absolute atomic E-state index is 10.8. The Bertz CT molecular complexity index is 600. The lowest BCUT2D eigenvalue weighted by Crippen LogP contribution is -2.01. The van der Waals surface area contributed by atoms with E-state index < -0.39 is 5.97 Å². The number of phenols is 1. The van der Waals surface area contributed by atoms with Gasteiger partial charge in [-0.1, -0.05) is 43.7 Å². The van der Waals surface area contributed by atoms with Gasteiger partial charge in [0.1, 0.15) is 5.75 Å². The Morgan fingerprint density at radius 3 is 2.40 bits per heavy atom. The Labute approximate surface area is 118 Å². The molecule has 0 radical (unpaired) electrons. The summed E-state index contributed by atoms with van der Waals surface area (Å²) in [5.74, 6) is -0.571. The molecule has 0 bridgehead atoms. The van der Waals surface area contributed by atoms with Gasteiger partial charge in [-0.25, -0.2) is 0 Å². The molecular formula is C17H18O3. The van der Waals surface area contributed by atoms with E-state index in [0.717, 1.165) is 35.1 Å². The minimum Gasteiger partial charge on any atom is -0.508 e. The van der Waals surface area contributed by atoms with E-state index in [-0.39, 0.29) is 12.2 Å². The van der Waals surface area contributed by atoms with Crippen LogP contribution in [0.4, 0.5) is 0 Å². The van der Waals surface area contributed by atoms with Crippen molar-refractivity contribution < 1.29 is 15.0 Å². The molecule has 0 unspecified atom stereocenters. The topological polar surface area (TPSA) is 57.5 Å². The van der Waals surface area contributed by atoms with Crippen molar-refractivity contribution in [1.29, 1.82) is 0 Å². The molecule has 0 atom stereocenters. The second-order valence-corrected chi connectivity index (χ2v) is 4.86. The zero-order valence-corrected chi connectivity index (χ0v) is 11.5. The average Bonchev–Trinajstić information content (AvgIpc) is 2.40. The van der Waals surface area contributed by atoms with E-state index in [1.165, 1.54) is 0 Å². The highest BCUT2D eigenvalue weighted by Gasteiger charge is 2.08. The van der Waals surface area contributed by atoms with Gasteiger partial charge in [0.2, 0.25) is 0 Å². The van der Waals surface area contributed by atoms with Gasteiger partial charge in [0, 0.05) is 0 Å². The van der Waals surface area contributed by atoms with Gasteiger partial charge in [0.15, 0.2) is 0 Å². The lowest BCUT2D eigenvalue weighted by Gasteiger charge is -2.11. The summed E-state index contributed by atoms with van der Waals surface area (Å²) in [5, 5.41) is 18.2. The molecule has 0 spiro atoms. The summed E-state index contributed by atoms with van der Waals surface area (Å²) in [4.78, 5) is 10.8. The number of benzene rings is 2. The van der Waals surface area contributed by atoms with Crippen LogP contribution in [0, 0.1) is 0 Å². The molecule has 0 fully saturated rings. The molecule has 0 amide bonds. The van der Waals surface area contributed by atoms with Crippen molar-refractivity contribution in [2.45, 2.75) is 26.2 Å². The predicted molar refractivity (Wildman–Crippen MR) is 78.9 cm³/mol. The average molecular weight is 270 g/mol. The van der Waals surface area contributed by atoms with E-state index >= 15 is 0 Å². The number of rotatable bonds is 5. The number of aryl methyl sites for hydroxylation is 1. The maximum Gasteiger partial charge on any atom is 0.307 e. The Morgan fingerprint density at radius 1 is 1.10 bits per heavy atom. The van der Waals surface area contributed by atoms with Crippen LogP contribution in [0.2, 0.25) is 0 Å². The smallest absolute Gasteiger partial charge is 0.307 e. The first-order valence-corrected chi connectivity index (χ1v) is 6.73. The van der Waals surface area contributed by atoms with Crippen LogP contribution in [0.5, 0.6) is 5.75 Å². The molecule has 0 aliphatic carbocycles. The Hall–Kier alpha value is -2.29. The van der Waals surface area contributed by atoms with E-state index in [9.17, 15) is 9.90 Å². The molecule has 2 aromatic carbocycles. The third kappa shape index (κ3) is 3.38. The van der Waals surface area contributed by atoms with Crippen LogP contribution >= 0.6 is 0 Å². The van der Waals surface area contributed by atoms with Crippen LogP contribution in [0.15, 0.2) is 42.5 Å². The maximum atomic E-state index is 10.8. The van der Waals surface area contributed by atoms with E-state index in [2.05, 4.69) is 6.92 Å². The van der Waals surface area contributed by atoms with Crippen molar-refractivity contribution in [2.24, 2.45) is 0 Å². The van der Waals surface area contributed by atoms with Crippen molar-refractivity contribution in [3.8, 4) is 16.9 Å². The molecule has 0 aliphatic heterocycles. The van der Waals surface area contributed by atoms with Gasteiger partial charge < -0.3 is 10.2 Å². The van der Waals surface area contributed by atoms with E-state index in [4.69, 9.17) is 5.11 Å². The van der Waals surface area contributed by atoms with E-state index in [0.29, 0.717) is 0 Å². The third-order valence-corrected chi connectivity index (χ3v) is 3.22. The summed E-state index contributed by atoms with van der Waals surface area (Å²) >= 11 is 0. The number of aliphatic carboxylic acids is 1. The van der Waals surface area contributed by atoms with Gasteiger partial charge in [-0.15, -0.1) is 0 Å². The third-order valence-electron chi connectivity index (χ3n) is 3.22. The molecule has 20 heavy (non-hydrogen) atoms. The molecule has 0 heterocycles. The normalized spacial score (nSPS) is 10.4. The number of carboxylic acid groups (broad SMARTS) is 1. The van der Waals surface area contributed by atoms with Crippen molar-refractivity contribution >= 4 is 5.97 Å². The molecule has 0 aliphatic rings. The summed E-state index contributed by atoms with van der Waals surface area (Å²) in [6, 6.07) is 12.9. The molecule has 2 rings (SSSR count). The molecule has 2 N–H and O–H groups in total. The van der Waals surface area contributed by atoms with Gasteiger partial charge in [-0.3, -0.25) is 4.79 Å². The van der Waals surface area contributed by atoms with Gasteiger partial charge in [0.25, 0.3) is 0 Å². The van der Waals surface area contributed by atoms with Gasteiger partial charge >= 0.3 is 5.97 Å². The highest BCUT2D eigenvalue weighted by molar-refractivity contribution is 5.73. The molecule has 104 valence electrons. The highest BCUT2D eigenvalue weighted by Crippen LogP contribution is 2.27. The second kappa shape index (κ2) is 6.24. The first-order chi connectivity index (χ1) is 9.60. The van der Waals surface area contributed by atoms with Crippen LogP contribution in [0.1, 0.15) is 24.5 Å². The number of hydrogen-bond donors (Lipinski definition) is 2. The van der Waals surface area contributed by atoms with Gasteiger partial charge in [0.05, 0.1) is 6.42 Å². The summed E-state index contributed by atoms with van der Waals surface area (Å²) < 4.78 is 0. The van der Waals surface area contributed by atoms with Crippen molar-refractivity contribution in [2.75, 3.05) is 0 Å². The minimum absolute atomic E-state index is 0.0482. The first-order valence-electron chi connectivity index (χ1n) is 6.73. The van der Waals surface area contributed by atoms with Crippen molar-refractivity contribution in [3.05, 3.63) is 53.6 Å². The molecule has 0 aromatic heterocycles. The number of hydrogen-bond acceptors (Lipinski definition) is 2. The molecule has 0 saturated heterocycles. The fourth-order valence-electron chi connectivity index (χ4n) is 2.33. The van der Waals surface area contributed by atoms with Crippen molar-refractivity contribution in [3.63, 3.8) is 0 Å². The van der Waals surface area contributed by atoms with Crippen LogP contribution in [-0.2, 0) is 17.6 Å². The Balaban J connectivity index is 2.41. The van der Waals surface area contributed by atoms with Crippen LogP contribution < -0.4 is 0 Å². The predicted octanol–water partition coefficient (Wildman–Crippen LogP) is 3.64. The SMILES string of the molecule is CCCc1cc(CC(=O)O)ccc1-c1ccc(O)cc1. The van der Waals surface area contributed by atoms with Gasteiger partial charge in [-0.05, 0) is 40.8 Å². The largest absolute Gasteiger partial charge is 0.508 e. The number of carboxylic acids is 1. The number of aromatic hydroxyl groups is 1. The summed E-state index contributed by atoms with van der Waals surface area (Å²) in [6.45, 7) is 2.10. The van der Waals surface area contributed by atoms with Crippen molar-refractivity contribution in [1.82, 2.24) is 0 Å². The molecule has 3 heteroatoms. The summed E-state index contributed by atoms with van der Waals surface area (Å²) in [6.07, 6.45) is 1.96. The van der Waals surface area contributed by atoms with Crippen LogP contribution in [-0.4, -0.2) is 16.2 Å². The lowest BCUT2D eigenvalue weighted by atomic mass is 9.94. The quantitative estimate of drug-likeness (QED) is 0.872. The zero-order chi connectivity index (χ0) is 14.5. The summed E-state index contributed by atoms with van der Waals surface area (Å²) in [7, 11) is 0. The molecule has 0 saturated carbocycles. The second-order valence-electron chi connectivity index (χ2n) is 4.86. The fourth-order valence-corrected chi connectivity index (χ4v) is 2.33. The number of phenolic OH excluding ortho intramolecular Hbond substituents is 1. The van der Waals surface area contributed by atoms with Crippen LogP contribution in [0.3, 0.4) is 0 Å². The Kier molecular flexibility index (Phi) is 4.41. The first kappa shape index (κ1) is 14.1. The highest BCUT2D eigenvalue weighted by atomic mass is 16.4. The fraction of sp³-hybridized carbons (Fsp3) is 0.235. The van der Waals surface area contributed by atoms with E-state index in [1.54, 1.807) is 12.1 Å². The monoisotopic (exact) mass is 270 g/mol. The standard InChI is InChI=1S/C17H18O3/c1-2-3-14-10-12(11-17(19)20)4-9-16(14)13-5-7-15(18)8-6-13/h4-10,18H,2-3,11H2,1H3,(H,19,20). The van der Waals surface area contributed by atoms with Gasteiger partial charge in [-0.2, -0.15) is 0 Å². The van der Waals surface area contributed by atoms with E-state index in [1.807, 2.05) is 30.3 Å². The lowest BCUT2D eigenvalue weighted by molar-refractivity contribution is -0.136. The molecule has 2 aromatic rings. The molecular weight excluding hydrogens is 252 g/mol. The number of carbonyl (C=O) groups is 1. The Morgan fingerprint density at radius 2 is 1.80 bits per heavy atom. The molecule has 3 nitrogen and oxygen atoms in total.